The second kappa shape index (κ2) is 9.45. The van der Waals surface area contributed by atoms with Crippen LogP contribution in [-0.4, -0.2) is 56.0 Å². The van der Waals surface area contributed by atoms with Gasteiger partial charge in [0.25, 0.3) is 0 Å². The van der Waals surface area contributed by atoms with Crippen LogP contribution < -0.4 is 14.4 Å². The molecule has 2 heterocycles. The highest BCUT2D eigenvalue weighted by Gasteiger charge is 2.36. The molecule has 2 aliphatic rings. The van der Waals surface area contributed by atoms with Gasteiger partial charge in [0.1, 0.15) is 12.4 Å². The smallest absolute Gasteiger partial charge is 0.165 e. The van der Waals surface area contributed by atoms with E-state index in [4.69, 9.17) is 14.6 Å². The lowest BCUT2D eigenvalue weighted by molar-refractivity contribution is 0.0712. The fraction of sp³-hybridized carbons (Fsp3) is 0.520. The van der Waals surface area contributed by atoms with Crippen LogP contribution in [-0.2, 0) is 0 Å². The Morgan fingerprint density at radius 2 is 1.90 bits per heavy atom. The molecule has 2 saturated heterocycles. The lowest BCUT2D eigenvalue weighted by atomic mass is 9.86. The van der Waals surface area contributed by atoms with Crippen molar-refractivity contribution in [1.82, 2.24) is 4.90 Å². The van der Waals surface area contributed by atoms with Crippen molar-refractivity contribution in [1.29, 1.82) is 0 Å². The Morgan fingerprint density at radius 3 is 2.68 bits per heavy atom. The van der Waals surface area contributed by atoms with E-state index in [1.807, 2.05) is 12.1 Å². The van der Waals surface area contributed by atoms with Gasteiger partial charge >= 0.3 is 0 Å². The zero-order valence-electron chi connectivity index (χ0n) is 18.7. The Kier molecular flexibility index (Phi) is 6.68. The van der Waals surface area contributed by atoms with Crippen LogP contribution in [0.3, 0.4) is 0 Å². The number of halogens is 1. The van der Waals surface area contributed by atoms with E-state index in [0.29, 0.717) is 24.4 Å². The van der Waals surface area contributed by atoms with Crippen molar-refractivity contribution in [3.05, 3.63) is 52.8 Å². The highest BCUT2D eigenvalue weighted by molar-refractivity contribution is 5.52. The number of piperidine rings is 1. The van der Waals surface area contributed by atoms with E-state index in [0.717, 1.165) is 43.1 Å². The van der Waals surface area contributed by atoms with E-state index in [1.165, 1.54) is 37.1 Å². The molecule has 2 aromatic carbocycles. The van der Waals surface area contributed by atoms with E-state index in [-0.39, 0.29) is 12.4 Å². The van der Waals surface area contributed by atoms with Crippen LogP contribution in [0.4, 0.5) is 10.1 Å². The molecule has 0 spiro atoms. The summed E-state index contributed by atoms with van der Waals surface area (Å²) in [5.74, 6) is 0.841. The van der Waals surface area contributed by atoms with Crippen molar-refractivity contribution in [2.24, 2.45) is 0 Å². The molecule has 2 fully saturated rings. The zero-order chi connectivity index (χ0) is 22.0. The molecule has 2 aromatic rings. The number of benzene rings is 2. The van der Waals surface area contributed by atoms with Gasteiger partial charge in [0.15, 0.2) is 11.6 Å². The van der Waals surface area contributed by atoms with Crippen molar-refractivity contribution >= 4 is 5.69 Å². The molecule has 6 heteroatoms. The van der Waals surface area contributed by atoms with Gasteiger partial charge in [-0.2, -0.15) is 0 Å². The van der Waals surface area contributed by atoms with Crippen LogP contribution in [0.2, 0.25) is 0 Å². The zero-order valence-corrected chi connectivity index (χ0v) is 18.7. The van der Waals surface area contributed by atoms with Crippen LogP contribution in [0, 0.1) is 19.7 Å². The maximum Gasteiger partial charge on any atom is 0.165 e. The predicted octanol–water partition coefficient (Wildman–Crippen LogP) is 4.24. The number of fused-ring (bicyclic) bond motifs is 1. The molecule has 0 aromatic heterocycles. The first kappa shape index (κ1) is 21.9. The molecule has 0 bridgehead atoms. The molecule has 168 valence electrons. The first-order valence-corrected chi connectivity index (χ1v) is 11.2. The Balaban J connectivity index is 1.52. The summed E-state index contributed by atoms with van der Waals surface area (Å²) in [4.78, 5) is 5.02. The van der Waals surface area contributed by atoms with Crippen molar-refractivity contribution in [3.63, 3.8) is 0 Å². The van der Waals surface area contributed by atoms with E-state index in [1.54, 1.807) is 0 Å². The van der Waals surface area contributed by atoms with Crippen LogP contribution >= 0.6 is 0 Å². The Morgan fingerprint density at radius 1 is 1.06 bits per heavy atom. The monoisotopic (exact) mass is 428 g/mol. The SMILES string of the molecule is COc1cc(N2CCN3C(CCC[C@@H]3c3ccc(OCCO)c(C)c3C)C2)ccc1F. The molecule has 31 heavy (non-hydrogen) atoms. The third-order valence-corrected chi connectivity index (χ3v) is 6.93. The van der Waals surface area contributed by atoms with Gasteiger partial charge in [-0.15, -0.1) is 0 Å². The number of anilines is 1. The molecule has 5 nitrogen and oxygen atoms in total. The minimum atomic E-state index is -0.320. The van der Waals surface area contributed by atoms with Gasteiger partial charge in [0.2, 0.25) is 0 Å². The molecule has 1 N–H and O–H groups in total. The highest BCUT2D eigenvalue weighted by atomic mass is 19.1. The maximum absolute atomic E-state index is 13.8. The van der Waals surface area contributed by atoms with Gasteiger partial charge in [0.05, 0.1) is 13.7 Å². The fourth-order valence-corrected chi connectivity index (χ4v) is 5.15. The summed E-state index contributed by atoms with van der Waals surface area (Å²) in [7, 11) is 1.51. The predicted molar refractivity (Wildman–Crippen MR) is 121 cm³/mol. The largest absolute Gasteiger partial charge is 0.494 e. The maximum atomic E-state index is 13.8. The Labute approximate surface area is 184 Å². The molecule has 0 amide bonds. The summed E-state index contributed by atoms with van der Waals surface area (Å²) in [6.45, 7) is 7.47. The minimum Gasteiger partial charge on any atom is -0.494 e. The second-order valence-electron chi connectivity index (χ2n) is 8.58. The summed E-state index contributed by atoms with van der Waals surface area (Å²) in [5, 5.41) is 9.06. The van der Waals surface area contributed by atoms with Crippen molar-refractivity contribution < 1.29 is 19.0 Å². The number of hydrogen-bond acceptors (Lipinski definition) is 5. The van der Waals surface area contributed by atoms with E-state index < -0.39 is 0 Å². The van der Waals surface area contributed by atoms with Crippen LogP contribution in [0.15, 0.2) is 30.3 Å². The van der Waals surface area contributed by atoms with Gasteiger partial charge in [-0.3, -0.25) is 4.90 Å². The molecule has 1 unspecified atom stereocenters. The highest BCUT2D eigenvalue weighted by Crippen LogP contribution is 2.40. The molecular weight excluding hydrogens is 395 g/mol. The third kappa shape index (κ3) is 4.37. The fourth-order valence-electron chi connectivity index (χ4n) is 5.15. The van der Waals surface area contributed by atoms with Crippen LogP contribution in [0.25, 0.3) is 0 Å². The average molecular weight is 429 g/mol. The number of piperazine rings is 1. The van der Waals surface area contributed by atoms with Crippen molar-refractivity contribution in [3.8, 4) is 11.5 Å². The van der Waals surface area contributed by atoms with Gasteiger partial charge in [-0.1, -0.05) is 6.07 Å². The van der Waals surface area contributed by atoms with E-state index in [2.05, 4.69) is 35.8 Å². The number of aliphatic hydroxyl groups is 1. The molecule has 2 atom stereocenters. The number of methoxy groups -OCH3 is 1. The summed E-state index contributed by atoms with van der Waals surface area (Å²) in [5.41, 5.74) is 4.85. The first-order valence-electron chi connectivity index (χ1n) is 11.2. The molecule has 0 radical (unpaired) electrons. The summed E-state index contributed by atoms with van der Waals surface area (Å²) in [6.07, 6.45) is 3.55. The molecular formula is C25H33FN2O3. The lowest BCUT2D eigenvalue weighted by Crippen LogP contribution is -2.56. The van der Waals surface area contributed by atoms with Crippen molar-refractivity contribution in [2.45, 2.75) is 45.2 Å². The molecule has 4 rings (SSSR count). The first-order chi connectivity index (χ1) is 15.0. The average Bonchev–Trinajstić information content (AvgIpc) is 2.80. The number of hydrogen-bond donors (Lipinski definition) is 1. The van der Waals surface area contributed by atoms with Crippen molar-refractivity contribution in [2.75, 3.05) is 44.9 Å². The van der Waals surface area contributed by atoms with E-state index in [9.17, 15) is 4.39 Å². The normalized spacial score (nSPS) is 21.6. The molecule has 0 aliphatic carbocycles. The molecule has 0 saturated carbocycles. The van der Waals surface area contributed by atoms with Crippen LogP contribution in [0.1, 0.15) is 42.0 Å². The second-order valence-corrected chi connectivity index (χ2v) is 8.58. The quantitative estimate of drug-likeness (QED) is 0.746. The number of aliphatic hydroxyl groups excluding tert-OH is 1. The number of nitrogens with zero attached hydrogens (tertiary/aromatic N) is 2. The van der Waals surface area contributed by atoms with Gasteiger partial charge in [0, 0.05) is 43.5 Å². The molecule has 2 aliphatic heterocycles. The topological polar surface area (TPSA) is 45.2 Å². The van der Waals surface area contributed by atoms with Gasteiger partial charge < -0.3 is 19.5 Å². The third-order valence-electron chi connectivity index (χ3n) is 6.93. The minimum absolute atomic E-state index is 0.0226. The van der Waals surface area contributed by atoms with Gasteiger partial charge in [-0.05, 0) is 68.0 Å². The Bertz CT molecular complexity index is 920. The lowest BCUT2D eigenvalue weighted by Gasteiger charge is -2.49. The summed E-state index contributed by atoms with van der Waals surface area (Å²) < 4.78 is 24.7. The summed E-state index contributed by atoms with van der Waals surface area (Å²) in [6, 6.07) is 10.3. The summed E-state index contributed by atoms with van der Waals surface area (Å²) >= 11 is 0. The Hall–Kier alpha value is -2.31. The van der Waals surface area contributed by atoms with E-state index >= 15 is 0 Å². The number of rotatable bonds is 6. The van der Waals surface area contributed by atoms with Gasteiger partial charge in [-0.25, -0.2) is 4.39 Å². The van der Waals surface area contributed by atoms with Crippen LogP contribution in [0.5, 0.6) is 11.5 Å². The number of ether oxygens (including phenoxy) is 2. The standard InChI is InChI=1S/C25H33FN2O3/c1-17-18(2)24(31-14-13-29)10-8-21(17)23-6-4-5-20-16-27(11-12-28(20)23)19-7-9-22(26)25(15-19)30-3/h7-10,15,20,23,29H,4-6,11-14,16H2,1-3H3/t20?,23-/m1/s1.